The predicted octanol–water partition coefficient (Wildman–Crippen LogP) is 4.43. The summed E-state index contributed by atoms with van der Waals surface area (Å²) < 4.78 is 12.9. The van der Waals surface area contributed by atoms with E-state index in [4.69, 9.17) is 0 Å². The Morgan fingerprint density at radius 2 is 2.14 bits per heavy atom. The largest absolute Gasteiger partial charge is 0.207 e. The van der Waals surface area contributed by atoms with Gasteiger partial charge in [0.25, 0.3) is 0 Å². The minimum atomic E-state index is -0.169. The summed E-state index contributed by atoms with van der Waals surface area (Å²) >= 11 is 4.69. The summed E-state index contributed by atoms with van der Waals surface area (Å²) in [5.74, 6) is -0.169. The molecule has 0 amide bonds. The van der Waals surface area contributed by atoms with E-state index >= 15 is 0 Å². The van der Waals surface area contributed by atoms with E-state index in [1.54, 1.807) is 6.07 Å². The van der Waals surface area contributed by atoms with Crippen molar-refractivity contribution < 1.29 is 4.39 Å². The summed E-state index contributed by atoms with van der Waals surface area (Å²) in [7, 11) is 0. The molecule has 0 spiro atoms. The lowest BCUT2D eigenvalue weighted by Crippen LogP contribution is -2.11. The third kappa shape index (κ3) is 3.49. The molecule has 0 radical (unpaired) electrons. The van der Waals surface area contributed by atoms with E-state index in [9.17, 15) is 4.39 Å². The normalized spacial score (nSPS) is 11.4. The van der Waals surface area contributed by atoms with Gasteiger partial charge in [0.2, 0.25) is 0 Å². The lowest BCUT2D eigenvalue weighted by molar-refractivity contribution is 0.625. The van der Waals surface area contributed by atoms with Crippen LogP contribution in [0.1, 0.15) is 11.1 Å². The van der Waals surface area contributed by atoms with Crippen molar-refractivity contribution >= 4 is 45.2 Å². The molecule has 0 aliphatic carbocycles. The zero-order valence-electron chi connectivity index (χ0n) is 7.86. The highest BCUT2D eigenvalue weighted by Crippen LogP contribution is 2.33. The lowest BCUT2D eigenvalue weighted by Gasteiger charge is -2.16. The van der Waals surface area contributed by atoms with Crippen LogP contribution in [0.4, 0.5) is 4.39 Å². The molecule has 0 aliphatic heterocycles. The Morgan fingerprint density at radius 1 is 1.50 bits per heavy atom. The standard InChI is InChI=1S/C11H11FI2/c1-3-11(13,14)7-9-4-5-10(12)6-8(9)2/h3-6H,1,7H2,2H3. The van der Waals surface area contributed by atoms with Crippen LogP contribution in [0.25, 0.3) is 0 Å². The third-order valence-corrected chi connectivity index (χ3v) is 3.67. The Balaban J connectivity index is 2.92. The number of allylic oxidation sites excluding steroid dienone is 1. The fourth-order valence-electron chi connectivity index (χ4n) is 1.18. The Labute approximate surface area is 111 Å². The minimum absolute atomic E-state index is 0.0120. The summed E-state index contributed by atoms with van der Waals surface area (Å²) in [6, 6.07) is 4.93. The smallest absolute Gasteiger partial charge is 0.123 e. The van der Waals surface area contributed by atoms with E-state index in [0.29, 0.717) is 0 Å². The van der Waals surface area contributed by atoms with Gasteiger partial charge in [0.1, 0.15) is 5.82 Å². The maximum Gasteiger partial charge on any atom is 0.123 e. The van der Waals surface area contributed by atoms with E-state index in [1.807, 2.05) is 19.1 Å². The number of rotatable bonds is 3. The van der Waals surface area contributed by atoms with E-state index in [-0.39, 0.29) is 7.25 Å². The number of hydrogen-bond acceptors (Lipinski definition) is 0. The van der Waals surface area contributed by atoms with Crippen molar-refractivity contribution in [3.8, 4) is 0 Å². The van der Waals surface area contributed by atoms with E-state index in [0.717, 1.165) is 12.0 Å². The molecule has 0 aliphatic rings. The first-order valence-corrected chi connectivity index (χ1v) is 6.37. The lowest BCUT2D eigenvalue weighted by atomic mass is 10.0. The second kappa shape index (κ2) is 4.92. The van der Waals surface area contributed by atoms with Gasteiger partial charge >= 0.3 is 0 Å². The van der Waals surface area contributed by atoms with Gasteiger partial charge in [0.15, 0.2) is 0 Å². The molecule has 0 bridgehead atoms. The highest BCUT2D eigenvalue weighted by Gasteiger charge is 2.19. The molecule has 1 rings (SSSR count). The van der Waals surface area contributed by atoms with Crippen LogP contribution in [0.2, 0.25) is 0 Å². The Kier molecular flexibility index (Phi) is 4.36. The van der Waals surface area contributed by atoms with Crippen molar-refractivity contribution in [2.45, 2.75) is 14.8 Å². The fourth-order valence-corrected chi connectivity index (χ4v) is 2.01. The number of halogens is 3. The summed E-state index contributed by atoms with van der Waals surface area (Å²) in [6.07, 6.45) is 2.79. The molecular weight excluding hydrogens is 405 g/mol. The maximum atomic E-state index is 12.8. The Hall–Kier alpha value is 0.350. The molecule has 3 heteroatoms. The van der Waals surface area contributed by atoms with Gasteiger partial charge in [-0.1, -0.05) is 57.3 Å². The summed E-state index contributed by atoms with van der Waals surface area (Å²) in [5.41, 5.74) is 2.18. The van der Waals surface area contributed by atoms with Crippen LogP contribution in [0, 0.1) is 12.7 Å². The molecule has 0 aromatic heterocycles. The number of alkyl halides is 2. The maximum absolute atomic E-state index is 12.8. The molecule has 76 valence electrons. The molecule has 0 saturated carbocycles. The molecule has 1 aromatic rings. The summed E-state index contributed by atoms with van der Waals surface area (Å²) in [6.45, 7) is 5.72. The molecule has 0 N–H and O–H groups in total. The van der Waals surface area contributed by atoms with Gasteiger partial charge in [-0.05, 0) is 36.6 Å². The number of benzene rings is 1. The zero-order chi connectivity index (χ0) is 10.8. The molecular formula is C11H11FI2. The van der Waals surface area contributed by atoms with Crippen molar-refractivity contribution in [3.05, 3.63) is 47.8 Å². The fraction of sp³-hybridized carbons (Fsp3) is 0.273. The van der Waals surface area contributed by atoms with Crippen LogP contribution >= 0.6 is 45.2 Å². The van der Waals surface area contributed by atoms with Gasteiger partial charge < -0.3 is 0 Å². The number of hydrogen-bond donors (Lipinski definition) is 0. The van der Waals surface area contributed by atoms with Gasteiger partial charge in [0, 0.05) is 0 Å². The minimum Gasteiger partial charge on any atom is -0.207 e. The van der Waals surface area contributed by atoms with Crippen LogP contribution in [0.3, 0.4) is 0 Å². The van der Waals surface area contributed by atoms with Crippen LogP contribution in [-0.2, 0) is 6.42 Å². The quantitative estimate of drug-likeness (QED) is 0.389. The van der Waals surface area contributed by atoms with Crippen LogP contribution < -0.4 is 0 Å². The molecule has 0 atom stereocenters. The van der Waals surface area contributed by atoms with Gasteiger partial charge in [-0.2, -0.15) is 0 Å². The Bertz CT molecular complexity index is 345. The monoisotopic (exact) mass is 416 g/mol. The van der Waals surface area contributed by atoms with E-state index < -0.39 is 0 Å². The zero-order valence-corrected chi connectivity index (χ0v) is 12.2. The van der Waals surface area contributed by atoms with Gasteiger partial charge in [-0.15, -0.1) is 6.58 Å². The van der Waals surface area contributed by atoms with Gasteiger partial charge in [-0.25, -0.2) is 4.39 Å². The average molecular weight is 416 g/mol. The van der Waals surface area contributed by atoms with Crippen molar-refractivity contribution in [2.24, 2.45) is 0 Å². The predicted molar refractivity (Wildman–Crippen MR) is 75.8 cm³/mol. The first kappa shape index (κ1) is 12.4. The van der Waals surface area contributed by atoms with Gasteiger partial charge in [0.05, 0.1) is 1.43 Å². The molecule has 0 fully saturated rings. The van der Waals surface area contributed by atoms with Crippen molar-refractivity contribution in [2.75, 3.05) is 0 Å². The summed E-state index contributed by atoms with van der Waals surface area (Å²) in [5, 5.41) is 0. The highest BCUT2D eigenvalue weighted by atomic mass is 127. The number of aryl methyl sites for hydroxylation is 1. The molecule has 0 heterocycles. The van der Waals surface area contributed by atoms with E-state index in [2.05, 4.69) is 51.8 Å². The highest BCUT2D eigenvalue weighted by molar-refractivity contribution is 14.2. The molecule has 0 unspecified atom stereocenters. The summed E-state index contributed by atoms with van der Waals surface area (Å²) in [4.78, 5) is 0. The molecule has 0 saturated heterocycles. The SMILES string of the molecule is C=CC(I)(I)Cc1ccc(F)cc1C. The topological polar surface area (TPSA) is 0 Å². The third-order valence-electron chi connectivity index (χ3n) is 2.03. The second-order valence-corrected chi connectivity index (χ2v) is 9.13. The molecule has 0 nitrogen and oxygen atoms in total. The van der Waals surface area contributed by atoms with Crippen LogP contribution in [-0.4, -0.2) is 1.43 Å². The molecule has 14 heavy (non-hydrogen) atoms. The first-order chi connectivity index (χ1) is 6.44. The van der Waals surface area contributed by atoms with Gasteiger partial charge in [-0.3, -0.25) is 0 Å². The van der Waals surface area contributed by atoms with Crippen molar-refractivity contribution in [3.63, 3.8) is 0 Å². The van der Waals surface area contributed by atoms with Crippen molar-refractivity contribution in [1.82, 2.24) is 0 Å². The van der Waals surface area contributed by atoms with Crippen molar-refractivity contribution in [1.29, 1.82) is 0 Å². The second-order valence-electron chi connectivity index (χ2n) is 3.21. The van der Waals surface area contributed by atoms with Crippen LogP contribution in [0.15, 0.2) is 30.9 Å². The Morgan fingerprint density at radius 3 is 2.64 bits per heavy atom. The van der Waals surface area contributed by atoms with Crippen LogP contribution in [0.5, 0.6) is 0 Å². The average Bonchev–Trinajstić information content (AvgIpc) is 2.10. The van der Waals surface area contributed by atoms with E-state index in [1.165, 1.54) is 11.6 Å². The molecule has 1 aromatic carbocycles. The first-order valence-electron chi connectivity index (χ1n) is 4.21.